The van der Waals surface area contributed by atoms with E-state index >= 15 is 0 Å². The molecule has 0 radical (unpaired) electrons. The largest absolute Gasteiger partial charge is 0.497 e. The van der Waals surface area contributed by atoms with Gasteiger partial charge < -0.3 is 24.0 Å². The van der Waals surface area contributed by atoms with Crippen molar-refractivity contribution in [3.05, 3.63) is 48.6 Å². The zero-order valence-corrected chi connectivity index (χ0v) is 33.6. The summed E-state index contributed by atoms with van der Waals surface area (Å²) in [6, 6.07) is 6.69. The number of ether oxygens (including phenoxy) is 3. The van der Waals surface area contributed by atoms with E-state index in [1.54, 1.807) is 18.1 Å². The Bertz CT molecular complexity index is 2060. The van der Waals surface area contributed by atoms with Crippen LogP contribution in [0.3, 0.4) is 0 Å². The molecule has 3 saturated carbocycles. The first kappa shape index (κ1) is 39.5. The average Bonchev–Trinajstić information content (AvgIpc) is 3.97. The number of fused-ring (bicyclic) bond motifs is 6. The van der Waals surface area contributed by atoms with E-state index < -0.39 is 44.7 Å². The second-order valence-corrected chi connectivity index (χ2v) is 18.9. The number of aromatic nitrogens is 1. The molecule has 1 aromatic carbocycles. The molecular formula is C43H54N4O9S. The van der Waals surface area contributed by atoms with Crippen LogP contribution in [-0.2, 0) is 33.9 Å². The maximum Gasteiger partial charge on any atom is 0.240 e. The molecule has 4 heterocycles. The quantitative estimate of drug-likeness (QED) is 0.343. The van der Waals surface area contributed by atoms with E-state index in [2.05, 4.69) is 17.4 Å². The van der Waals surface area contributed by atoms with Crippen molar-refractivity contribution < 1.29 is 41.8 Å². The van der Waals surface area contributed by atoms with E-state index in [9.17, 15) is 27.6 Å². The third kappa shape index (κ3) is 8.35. The van der Waals surface area contributed by atoms with Gasteiger partial charge in [0.15, 0.2) is 5.78 Å². The van der Waals surface area contributed by atoms with Gasteiger partial charge in [0, 0.05) is 61.9 Å². The second kappa shape index (κ2) is 16.2. The van der Waals surface area contributed by atoms with E-state index in [-0.39, 0.29) is 67.8 Å². The van der Waals surface area contributed by atoms with Crippen LogP contribution in [0.15, 0.2) is 43.0 Å². The number of nitrogens with one attached hydrogen (secondary N) is 1. The standard InChI is InChI=1S/C43H54N4O9S/c1-3-30-23-43(30,42(51)45-57(52,53)34-14-15-34)24-38(48)37-21-33-26-47(37)41(50)35(27-9-6-7-10-27)22-39(49)46-17-16-32(25-46)55-18-8-4-5-11-29-19-28-12-13-31(54-2)20-36(28)44-40(29)56-33/h3,5,11-13,19-20,27,30,32-35,37H,1,4,6-10,14-18,21-26H2,2H3,(H,45,51)/b11-5+/t30-,32+,33+,35-,37-,43+/m0/s1. The molecule has 1 aromatic heterocycles. The lowest BCUT2D eigenvalue weighted by Gasteiger charge is -2.32. The number of hydrogen-bond donors (Lipinski definition) is 1. The van der Waals surface area contributed by atoms with Gasteiger partial charge in [-0.15, -0.1) is 6.58 Å². The Hall–Kier alpha value is -4.30. The van der Waals surface area contributed by atoms with Crippen LogP contribution >= 0.6 is 0 Å². The van der Waals surface area contributed by atoms with Crippen molar-refractivity contribution in [2.24, 2.45) is 23.2 Å². The van der Waals surface area contributed by atoms with Crippen molar-refractivity contribution in [2.75, 3.05) is 33.4 Å². The number of rotatable bonds is 9. The van der Waals surface area contributed by atoms with Crippen molar-refractivity contribution in [3.63, 3.8) is 0 Å². The van der Waals surface area contributed by atoms with Gasteiger partial charge in [-0.1, -0.05) is 31.1 Å². The average molecular weight is 803 g/mol. The number of nitrogens with zero attached hydrogens (tertiary/aromatic N) is 3. The molecule has 57 heavy (non-hydrogen) atoms. The number of amides is 3. The third-order valence-corrected chi connectivity index (χ3v) is 14.9. The summed E-state index contributed by atoms with van der Waals surface area (Å²) in [4.78, 5) is 65.6. The summed E-state index contributed by atoms with van der Waals surface area (Å²) in [5, 5.41) is 0.293. The fourth-order valence-corrected chi connectivity index (χ4v) is 10.9. The van der Waals surface area contributed by atoms with E-state index in [1.165, 1.54) is 0 Å². The van der Waals surface area contributed by atoms with Crippen LogP contribution < -0.4 is 14.2 Å². The zero-order chi connectivity index (χ0) is 39.9. The minimum absolute atomic E-state index is 0.00636. The molecule has 8 rings (SSSR count). The maximum absolute atomic E-state index is 15.0. The van der Waals surface area contributed by atoms with Crippen molar-refractivity contribution in [1.82, 2.24) is 19.5 Å². The highest BCUT2D eigenvalue weighted by atomic mass is 32.2. The number of hydrogen-bond acceptors (Lipinski definition) is 10. The van der Waals surface area contributed by atoms with Crippen molar-refractivity contribution >= 4 is 50.5 Å². The van der Waals surface area contributed by atoms with Crippen LogP contribution in [0, 0.1) is 23.2 Å². The van der Waals surface area contributed by atoms with Gasteiger partial charge in [-0.3, -0.25) is 23.9 Å². The summed E-state index contributed by atoms with van der Waals surface area (Å²) < 4.78 is 46.3. The first-order valence-corrected chi connectivity index (χ1v) is 22.3. The highest BCUT2D eigenvalue weighted by Crippen LogP contribution is 2.57. The molecule has 0 spiro atoms. The minimum Gasteiger partial charge on any atom is -0.497 e. The Labute approximate surface area is 334 Å². The topological polar surface area (TPSA) is 162 Å². The molecule has 3 aliphatic carbocycles. The highest BCUT2D eigenvalue weighted by molar-refractivity contribution is 7.90. The Balaban J connectivity index is 1.14. The van der Waals surface area contributed by atoms with E-state index in [4.69, 9.17) is 19.2 Å². The number of benzene rings is 1. The molecule has 3 amide bonds. The molecule has 2 saturated heterocycles. The number of carbonyl (C=O) groups is 4. The van der Waals surface area contributed by atoms with E-state index in [0.717, 1.165) is 55.9 Å². The highest BCUT2D eigenvalue weighted by Gasteiger charge is 2.61. The summed E-state index contributed by atoms with van der Waals surface area (Å²) >= 11 is 0. The Morgan fingerprint density at radius 1 is 1.07 bits per heavy atom. The predicted octanol–water partition coefficient (Wildman–Crippen LogP) is 4.97. The first-order valence-electron chi connectivity index (χ1n) is 20.7. The lowest BCUT2D eigenvalue weighted by Crippen LogP contribution is -2.48. The van der Waals surface area contributed by atoms with Crippen molar-refractivity contribution in [2.45, 2.75) is 107 Å². The minimum atomic E-state index is -3.85. The van der Waals surface area contributed by atoms with Gasteiger partial charge in [0.1, 0.15) is 11.9 Å². The number of methoxy groups -OCH3 is 1. The van der Waals surface area contributed by atoms with Crippen LogP contribution in [0.1, 0.15) is 89.0 Å². The molecule has 6 aliphatic rings. The Morgan fingerprint density at radius 2 is 1.88 bits per heavy atom. The molecule has 6 atom stereocenters. The summed E-state index contributed by atoms with van der Waals surface area (Å²) in [7, 11) is -2.26. The van der Waals surface area contributed by atoms with Gasteiger partial charge in [-0.2, -0.15) is 0 Å². The van der Waals surface area contributed by atoms with Gasteiger partial charge in [-0.05, 0) is 81.4 Å². The van der Waals surface area contributed by atoms with Crippen LogP contribution in [-0.4, -0.2) is 104 Å². The molecule has 14 heteroatoms. The number of carbonyl (C=O) groups excluding carboxylic acids is 4. The Kier molecular flexibility index (Phi) is 11.2. The fourth-order valence-electron chi connectivity index (χ4n) is 9.48. The van der Waals surface area contributed by atoms with Crippen LogP contribution in [0.4, 0.5) is 0 Å². The molecular weight excluding hydrogens is 749 g/mol. The monoisotopic (exact) mass is 802 g/mol. The number of allylic oxidation sites excluding steroid dienone is 2. The van der Waals surface area contributed by atoms with Crippen LogP contribution in [0.2, 0.25) is 0 Å². The fraction of sp³-hybridized carbons (Fsp3) is 0.605. The SMILES string of the molecule is C=C[C@H]1C[C@]1(CC(=O)[C@@H]1C[C@@H]2CN1C(=O)[C@H](C1CCCC1)CC(=O)N1CC[C@H](C1)OCCC/C=C/c1cc3ccc(OC)cc3nc1O2)C(=O)NS(=O)(=O)C1CC1. The van der Waals surface area contributed by atoms with Gasteiger partial charge in [0.25, 0.3) is 0 Å². The van der Waals surface area contributed by atoms with Crippen molar-refractivity contribution in [3.8, 4) is 11.6 Å². The summed E-state index contributed by atoms with van der Waals surface area (Å²) in [6.45, 7) is 5.59. The van der Waals surface area contributed by atoms with Crippen LogP contribution in [0.5, 0.6) is 11.6 Å². The van der Waals surface area contributed by atoms with E-state index in [1.807, 2.05) is 35.2 Å². The normalized spacial score (nSPS) is 30.5. The molecule has 4 bridgehead atoms. The summed E-state index contributed by atoms with van der Waals surface area (Å²) in [5.74, 6) is -1.39. The van der Waals surface area contributed by atoms with Gasteiger partial charge in [0.05, 0.1) is 42.0 Å². The molecule has 5 fully saturated rings. The molecule has 13 nitrogen and oxygen atoms in total. The molecule has 0 unspecified atom stereocenters. The number of sulfonamides is 1. The van der Waals surface area contributed by atoms with Gasteiger partial charge in [-0.25, -0.2) is 13.4 Å². The summed E-state index contributed by atoms with van der Waals surface area (Å²) in [5.41, 5.74) is 0.139. The van der Waals surface area contributed by atoms with Gasteiger partial charge in [0.2, 0.25) is 33.6 Å². The number of Topliss-reactive ketones (excluding diaryl/α,β-unsaturated/α-hetero) is 1. The predicted molar refractivity (Wildman–Crippen MR) is 213 cm³/mol. The number of pyridine rings is 1. The summed E-state index contributed by atoms with van der Waals surface area (Å²) in [6.07, 6.45) is 12.0. The number of ketones is 1. The zero-order valence-electron chi connectivity index (χ0n) is 32.7. The maximum atomic E-state index is 15.0. The Morgan fingerprint density at radius 3 is 2.61 bits per heavy atom. The molecule has 306 valence electrons. The smallest absolute Gasteiger partial charge is 0.240 e. The van der Waals surface area contributed by atoms with Crippen LogP contribution in [0.25, 0.3) is 17.0 Å². The lowest BCUT2D eigenvalue weighted by atomic mass is 9.85. The first-order chi connectivity index (χ1) is 27.5. The second-order valence-electron chi connectivity index (χ2n) is 17.0. The molecule has 1 N–H and O–H groups in total. The lowest BCUT2D eigenvalue weighted by molar-refractivity contribution is -0.146. The van der Waals surface area contributed by atoms with Gasteiger partial charge >= 0.3 is 0 Å². The molecule has 2 aromatic rings. The van der Waals surface area contributed by atoms with Crippen molar-refractivity contribution in [1.29, 1.82) is 0 Å². The van der Waals surface area contributed by atoms with E-state index in [0.29, 0.717) is 49.7 Å². The molecule has 3 aliphatic heterocycles. The third-order valence-electron chi connectivity index (χ3n) is 13.1.